The third-order valence-corrected chi connectivity index (χ3v) is 5.94. The summed E-state index contributed by atoms with van der Waals surface area (Å²) in [5.41, 5.74) is -0.428. The number of alkyl halides is 3. The van der Waals surface area contributed by atoms with Gasteiger partial charge >= 0.3 is 6.18 Å². The van der Waals surface area contributed by atoms with Crippen molar-refractivity contribution in [2.75, 3.05) is 62.4 Å². The predicted molar refractivity (Wildman–Crippen MR) is 105 cm³/mol. The molecular weight excluding hydrogens is 419 g/mol. The van der Waals surface area contributed by atoms with E-state index in [0.717, 1.165) is 4.90 Å². The molecule has 2 fully saturated rings. The molecule has 31 heavy (non-hydrogen) atoms. The second-order valence-electron chi connectivity index (χ2n) is 7.99. The number of nitrogens with zero attached hydrogens (tertiary/aromatic N) is 5. The van der Waals surface area contributed by atoms with Gasteiger partial charge in [-0.15, -0.1) is 0 Å². The number of carbonyl (C=O) groups excluding carboxylic acids is 1. The Morgan fingerprint density at radius 1 is 1.16 bits per heavy atom. The fourth-order valence-electron chi connectivity index (χ4n) is 4.25. The van der Waals surface area contributed by atoms with Crippen LogP contribution in [-0.2, 0) is 20.8 Å². The van der Waals surface area contributed by atoms with Gasteiger partial charge in [-0.25, -0.2) is 0 Å². The highest BCUT2D eigenvalue weighted by Crippen LogP contribution is 2.34. The maximum Gasteiger partial charge on any atom is 0.408 e. The van der Waals surface area contributed by atoms with Crippen molar-refractivity contribution in [2.24, 2.45) is 0 Å². The van der Waals surface area contributed by atoms with E-state index in [1.807, 2.05) is 11.8 Å². The zero-order chi connectivity index (χ0) is 22.2. The lowest BCUT2D eigenvalue weighted by molar-refractivity contribution is -0.154. The van der Waals surface area contributed by atoms with Crippen LogP contribution in [0.15, 0.2) is 10.9 Å². The number of aromatic nitrogens is 2. The van der Waals surface area contributed by atoms with Gasteiger partial charge in [-0.3, -0.25) is 14.2 Å². The zero-order valence-electron chi connectivity index (χ0n) is 17.3. The first-order valence-electron chi connectivity index (χ1n) is 10.4. The molecule has 0 radical (unpaired) electrons. The van der Waals surface area contributed by atoms with Gasteiger partial charge in [0.25, 0.3) is 5.56 Å². The Balaban J connectivity index is 1.70. The molecule has 0 aromatic carbocycles. The summed E-state index contributed by atoms with van der Waals surface area (Å²) in [6.45, 7) is 4.00. The molecule has 3 aliphatic heterocycles. The average Bonchev–Trinajstić information content (AvgIpc) is 2.74. The van der Waals surface area contributed by atoms with Gasteiger partial charge in [0.1, 0.15) is 18.4 Å². The minimum atomic E-state index is -4.56. The molecule has 172 valence electrons. The van der Waals surface area contributed by atoms with Gasteiger partial charge in [-0.1, -0.05) is 0 Å². The number of rotatable bonds is 3. The minimum Gasteiger partial charge on any atom is -0.378 e. The van der Waals surface area contributed by atoms with Crippen LogP contribution in [0.4, 0.5) is 24.9 Å². The van der Waals surface area contributed by atoms with Crippen molar-refractivity contribution >= 4 is 17.7 Å². The number of anilines is 2. The van der Waals surface area contributed by atoms with Crippen LogP contribution in [0.1, 0.15) is 13.3 Å². The lowest BCUT2D eigenvalue weighted by Gasteiger charge is -2.41. The van der Waals surface area contributed by atoms with Crippen LogP contribution in [0, 0.1) is 0 Å². The second kappa shape index (κ2) is 8.65. The Labute approximate surface area is 177 Å². The molecule has 2 unspecified atom stereocenters. The highest BCUT2D eigenvalue weighted by molar-refractivity contribution is 5.81. The van der Waals surface area contributed by atoms with Gasteiger partial charge in [0.05, 0.1) is 32.5 Å². The van der Waals surface area contributed by atoms with Crippen LogP contribution in [0.2, 0.25) is 0 Å². The fourth-order valence-corrected chi connectivity index (χ4v) is 4.25. The molecule has 4 rings (SSSR count). The van der Waals surface area contributed by atoms with Crippen molar-refractivity contribution in [1.82, 2.24) is 14.5 Å². The second-order valence-corrected chi connectivity index (χ2v) is 7.99. The van der Waals surface area contributed by atoms with Crippen molar-refractivity contribution in [2.45, 2.75) is 38.1 Å². The largest absolute Gasteiger partial charge is 0.408 e. The van der Waals surface area contributed by atoms with Gasteiger partial charge in [-0.05, 0) is 13.3 Å². The number of carbonyl (C=O) groups is 1. The van der Waals surface area contributed by atoms with Crippen LogP contribution in [0.5, 0.6) is 0 Å². The first kappa shape index (κ1) is 21.9. The molecule has 0 N–H and O–H groups in total. The Hall–Kier alpha value is -2.34. The molecule has 4 heterocycles. The monoisotopic (exact) mass is 445 g/mol. The Bertz CT molecular complexity index is 871. The summed E-state index contributed by atoms with van der Waals surface area (Å²) < 4.78 is 53.5. The summed E-state index contributed by atoms with van der Waals surface area (Å²) in [6.07, 6.45) is -4.88. The highest BCUT2D eigenvalue weighted by atomic mass is 19.4. The van der Waals surface area contributed by atoms with E-state index in [1.165, 1.54) is 15.5 Å². The molecule has 1 aromatic heterocycles. The van der Waals surface area contributed by atoms with Crippen LogP contribution in [-0.4, -0.2) is 91.2 Å². The number of morpholine rings is 2. The first-order chi connectivity index (χ1) is 14.8. The number of halogens is 3. The number of amides is 1. The maximum absolute atomic E-state index is 13.9. The summed E-state index contributed by atoms with van der Waals surface area (Å²) in [7, 11) is 0. The van der Waals surface area contributed by atoms with E-state index in [4.69, 9.17) is 9.47 Å². The predicted octanol–water partition coefficient (Wildman–Crippen LogP) is 0.468. The van der Waals surface area contributed by atoms with Crippen molar-refractivity contribution in [3.05, 3.63) is 16.4 Å². The van der Waals surface area contributed by atoms with Crippen LogP contribution in [0.3, 0.4) is 0 Å². The molecule has 9 nitrogen and oxygen atoms in total. The van der Waals surface area contributed by atoms with Crippen molar-refractivity contribution in [1.29, 1.82) is 0 Å². The zero-order valence-corrected chi connectivity index (χ0v) is 17.3. The molecule has 3 aliphatic rings. The van der Waals surface area contributed by atoms with Crippen molar-refractivity contribution in [3.8, 4) is 0 Å². The lowest BCUT2D eigenvalue weighted by Crippen LogP contribution is -2.56. The number of hydrogen-bond donors (Lipinski definition) is 0. The summed E-state index contributed by atoms with van der Waals surface area (Å²) >= 11 is 0. The van der Waals surface area contributed by atoms with E-state index in [1.54, 1.807) is 0 Å². The average molecular weight is 445 g/mol. The molecular formula is C19H26F3N5O4. The topological polar surface area (TPSA) is 80.1 Å². The summed E-state index contributed by atoms with van der Waals surface area (Å²) in [5.74, 6) is -0.250. The Kier molecular flexibility index (Phi) is 6.11. The maximum atomic E-state index is 13.9. The minimum absolute atomic E-state index is 0.0749. The van der Waals surface area contributed by atoms with Gasteiger partial charge in [-0.2, -0.15) is 18.2 Å². The van der Waals surface area contributed by atoms with E-state index >= 15 is 0 Å². The molecule has 0 aliphatic carbocycles. The van der Waals surface area contributed by atoms with Crippen molar-refractivity contribution in [3.63, 3.8) is 0 Å². The van der Waals surface area contributed by atoms with Gasteiger partial charge in [0.2, 0.25) is 11.9 Å². The third-order valence-electron chi connectivity index (χ3n) is 5.94. The molecule has 1 amide bonds. The standard InChI is InChI=1S/C19H26F3N5O4/c1-13-12-31-9-6-25(13)15-10-16(28)26-3-2-14(19(20,21)22)27(18(26)23-15)11-17(29)24-4-7-30-8-5-24/h10,13-14H,2-9,11-12H2,1H3. The van der Waals surface area contributed by atoms with Gasteiger partial charge in [0, 0.05) is 32.2 Å². The number of hydrogen-bond acceptors (Lipinski definition) is 7. The third kappa shape index (κ3) is 4.49. The lowest BCUT2D eigenvalue weighted by atomic mass is 10.1. The Morgan fingerprint density at radius 2 is 1.87 bits per heavy atom. The molecule has 12 heteroatoms. The normalized spacial score (nSPS) is 24.8. The highest BCUT2D eigenvalue weighted by Gasteiger charge is 2.47. The first-order valence-corrected chi connectivity index (χ1v) is 10.4. The molecule has 0 saturated carbocycles. The Morgan fingerprint density at radius 3 is 2.55 bits per heavy atom. The molecule has 2 atom stereocenters. The summed E-state index contributed by atoms with van der Waals surface area (Å²) in [5, 5.41) is 0. The quantitative estimate of drug-likeness (QED) is 0.669. The van der Waals surface area contributed by atoms with E-state index in [9.17, 15) is 22.8 Å². The van der Waals surface area contributed by atoms with Crippen LogP contribution in [0.25, 0.3) is 0 Å². The van der Waals surface area contributed by atoms with E-state index < -0.39 is 30.2 Å². The van der Waals surface area contributed by atoms with Gasteiger partial charge < -0.3 is 24.2 Å². The molecule has 1 aromatic rings. The van der Waals surface area contributed by atoms with Gasteiger partial charge in [0.15, 0.2) is 0 Å². The molecule has 0 spiro atoms. The van der Waals surface area contributed by atoms with Crippen LogP contribution >= 0.6 is 0 Å². The SMILES string of the molecule is CC1COCCN1c1cc(=O)n2c(n1)N(CC(=O)N1CCOCC1)C(C(F)(F)F)CC2. The summed E-state index contributed by atoms with van der Waals surface area (Å²) in [4.78, 5) is 34.3. The fraction of sp³-hybridized carbons (Fsp3) is 0.737. The van der Waals surface area contributed by atoms with E-state index in [2.05, 4.69) is 4.98 Å². The van der Waals surface area contributed by atoms with E-state index in [-0.39, 0.29) is 25.0 Å². The number of ether oxygens (including phenoxy) is 2. The van der Waals surface area contributed by atoms with Crippen LogP contribution < -0.4 is 15.4 Å². The smallest absolute Gasteiger partial charge is 0.378 e. The molecule has 2 saturated heterocycles. The molecule has 0 bridgehead atoms. The number of fused-ring (bicyclic) bond motifs is 1. The van der Waals surface area contributed by atoms with E-state index in [0.29, 0.717) is 51.9 Å². The van der Waals surface area contributed by atoms with Crippen molar-refractivity contribution < 1.29 is 27.4 Å². The summed E-state index contributed by atoms with van der Waals surface area (Å²) in [6, 6.07) is -0.614.